The fourth-order valence-electron chi connectivity index (χ4n) is 3.25. The molecule has 3 aromatic rings. The van der Waals surface area contributed by atoms with E-state index in [1.165, 1.54) is 0 Å². The van der Waals surface area contributed by atoms with Crippen molar-refractivity contribution in [2.24, 2.45) is 0 Å². The van der Waals surface area contributed by atoms with Crippen molar-refractivity contribution in [2.45, 2.75) is 13.0 Å². The van der Waals surface area contributed by atoms with E-state index in [9.17, 15) is 4.79 Å². The van der Waals surface area contributed by atoms with E-state index in [2.05, 4.69) is 36.8 Å². The monoisotopic (exact) mass is 506 g/mol. The second-order valence-electron chi connectivity index (χ2n) is 6.20. The van der Waals surface area contributed by atoms with Crippen LogP contribution < -0.4 is 19.9 Å². The molecule has 4 rings (SSSR count). The van der Waals surface area contributed by atoms with Crippen LogP contribution in [-0.2, 0) is 13.0 Å². The first-order valence-electron chi connectivity index (χ1n) is 8.50. The fourth-order valence-corrected chi connectivity index (χ4v) is 4.37. The van der Waals surface area contributed by atoms with Crippen LogP contribution in [0.5, 0.6) is 23.1 Å². The predicted molar refractivity (Wildman–Crippen MR) is 113 cm³/mol. The van der Waals surface area contributed by atoms with E-state index in [0.717, 1.165) is 25.8 Å². The Labute approximate surface area is 178 Å². The zero-order chi connectivity index (χ0) is 19.8. The fraction of sp³-hybridized carbons (Fsp3) is 0.200. The van der Waals surface area contributed by atoms with Gasteiger partial charge < -0.3 is 14.2 Å². The van der Waals surface area contributed by atoms with E-state index in [-0.39, 0.29) is 11.6 Å². The van der Waals surface area contributed by atoms with Gasteiger partial charge in [0.25, 0.3) is 0 Å². The predicted octanol–water partition coefficient (Wildman–Crippen LogP) is 4.80. The van der Waals surface area contributed by atoms with Crippen molar-refractivity contribution < 1.29 is 14.2 Å². The Bertz CT molecular complexity index is 1130. The van der Waals surface area contributed by atoms with Crippen LogP contribution in [-0.4, -0.2) is 23.8 Å². The van der Waals surface area contributed by atoms with Gasteiger partial charge in [-0.25, -0.2) is 4.79 Å². The minimum absolute atomic E-state index is 0.238. The molecule has 0 amide bonds. The summed E-state index contributed by atoms with van der Waals surface area (Å²) in [4.78, 5) is 16.7. The summed E-state index contributed by atoms with van der Waals surface area (Å²) in [6.07, 6.45) is 0.711. The summed E-state index contributed by atoms with van der Waals surface area (Å²) in [5, 5.41) is 0. The largest absolute Gasteiger partial charge is 0.493 e. The standard InChI is InChI=1S/C20H16Br2N2O4/c1-26-17-7-11-5-6-24-15(13(11)9-18(17)27-2)10-19(23-20(24)25)28-16-4-3-12(21)8-14(16)22/h3-4,7-10H,5-6H2,1-2H3. The van der Waals surface area contributed by atoms with E-state index >= 15 is 0 Å². The molecule has 0 radical (unpaired) electrons. The summed E-state index contributed by atoms with van der Waals surface area (Å²) in [6, 6.07) is 11.1. The summed E-state index contributed by atoms with van der Waals surface area (Å²) in [5.74, 6) is 2.09. The lowest BCUT2D eigenvalue weighted by atomic mass is 9.97. The number of hydrogen-bond donors (Lipinski definition) is 0. The summed E-state index contributed by atoms with van der Waals surface area (Å²) in [5.41, 5.74) is 2.38. The third kappa shape index (κ3) is 3.42. The average Bonchev–Trinajstić information content (AvgIpc) is 2.69. The van der Waals surface area contributed by atoms with E-state index < -0.39 is 0 Å². The average molecular weight is 508 g/mol. The number of halogens is 2. The van der Waals surface area contributed by atoms with Crippen LogP contribution in [0.4, 0.5) is 0 Å². The van der Waals surface area contributed by atoms with Gasteiger partial charge in [0.1, 0.15) is 5.75 Å². The Balaban J connectivity index is 1.82. The Morgan fingerprint density at radius 1 is 1.00 bits per heavy atom. The van der Waals surface area contributed by atoms with Crippen molar-refractivity contribution in [2.75, 3.05) is 14.2 Å². The molecule has 8 heteroatoms. The maximum Gasteiger partial charge on any atom is 0.351 e. The van der Waals surface area contributed by atoms with Crippen LogP contribution in [0, 0.1) is 0 Å². The van der Waals surface area contributed by atoms with Crippen LogP contribution in [0.1, 0.15) is 5.56 Å². The molecule has 0 spiro atoms. The highest BCUT2D eigenvalue weighted by molar-refractivity contribution is 9.11. The maximum absolute atomic E-state index is 12.6. The van der Waals surface area contributed by atoms with E-state index in [1.807, 2.05) is 24.3 Å². The van der Waals surface area contributed by atoms with E-state index in [0.29, 0.717) is 30.2 Å². The number of rotatable bonds is 4. The molecule has 1 aliphatic rings. The quantitative estimate of drug-likeness (QED) is 0.507. The second kappa shape index (κ2) is 7.60. The minimum atomic E-state index is -0.346. The maximum atomic E-state index is 12.6. The first-order valence-corrected chi connectivity index (χ1v) is 10.1. The molecule has 1 aliphatic heterocycles. The molecule has 144 valence electrons. The van der Waals surface area contributed by atoms with Crippen molar-refractivity contribution >= 4 is 31.9 Å². The molecule has 6 nitrogen and oxygen atoms in total. The van der Waals surface area contributed by atoms with Gasteiger partial charge in [0.2, 0.25) is 5.88 Å². The molecule has 1 aromatic heterocycles. The highest BCUT2D eigenvalue weighted by Crippen LogP contribution is 2.39. The first kappa shape index (κ1) is 19.0. The summed E-state index contributed by atoms with van der Waals surface area (Å²) < 4.78 is 20.0. The molecule has 0 bridgehead atoms. The highest BCUT2D eigenvalue weighted by Gasteiger charge is 2.22. The van der Waals surface area contributed by atoms with Crippen LogP contribution in [0.15, 0.2) is 50.1 Å². The molecule has 0 N–H and O–H groups in total. The summed E-state index contributed by atoms with van der Waals surface area (Å²) in [7, 11) is 3.20. The molecule has 2 aromatic carbocycles. The smallest absolute Gasteiger partial charge is 0.351 e. The molecule has 2 heterocycles. The second-order valence-corrected chi connectivity index (χ2v) is 7.97. The molecule has 0 saturated carbocycles. The topological polar surface area (TPSA) is 62.6 Å². The zero-order valence-electron chi connectivity index (χ0n) is 15.2. The molecule has 28 heavy (non-hydrogen) atoms. The lowest BCUT2D eigenvalue weighted by Gasteiger charge is -2.23. The van der Waals surface area contributed by atoms with E-state index in [1.54, 1.807) is 30.9 Å². The van der Waals surface area contributed by atoms with Gasteiger partial charge in [-0.2, -0.15) is 4.98 Å². The Hall–Kier alpha value is -2.32. The number of aryl methyl sites for hydroxylation is 1. The Morgan fingerprint density at radius 2 is 1.75 bits per heavy atom. The number of fused-ring (bicyclic) bond motifs is 3. The number of benzene rings is 2. The lowest BCUT2D eigenvalue weighted by Crippen LogP contribution is -2.28. The molecule has 0 atom stereocenters. The van der Waals surface area contributed by atoms with Gasteiger partial charge >= 0.3 is 5.69 Å². The third-order valence-corrected chi connectivity index (χ3v) is 5.70. The molecule has 0 saturated heterocycles. The highest BCUT2D eigenvalue weighted by atomic mass is 79.9. The van der Waals surface area contributed by atoms with Gasteiger partial charge in [0.05, 0.1) is 24.4 Å². The number of aromatic nitrogens is 2. The van der Waals surface area contributed by atoms with Crippen LogP contribution in [0.3, 0.4) is 0 Å². The zero-order valence-corrected chi connectivity index (χ0v) is 18.3. The Morgan fingerprint density at radius 3 is 2.46 bits per heavy atom. The molecular formula is C20H16Br2N2O4. The third-order valence-electron chi connectivity index (χ3n) is 4.59. The molecular weight excluding hydrogens is 492 g/mol. The van der Waals surface area contributed by atoms with Gasteiger partial charge in [-0.15, -0.1) is 0 Å². The normalized spacial score (nSPS) is 12.1. The van der Waals surface area contributed by atoms with Gasteiger partial charge in [0.15, 0.2) is 11.5 Å². The van der Waals surface area contributed by atoms with Crippen LogP contribution >= 0.6 is 31.9 Å². The lowest BCUT2D eigenvalue weighted by molar-refractivity contribution is 0.354. The van der Waals surface area contributed by atoms with Crippen molar-refractivity contribution in [3.8, 4) is 34.4 Å². The SMILES string of the molecule is COc1cc2c(cc1OC)-c1cc(Oc3ccc(Br)cc3Br)nc(=O)n1CC2. The molecule has 0 unspecified atom stereocenters. The number of hydrogen-bond acceptors (Lipinski definition) is 5. The van der Waals surface area contributed by atoms with Crippen molar-refractivity contribution in [1.82, 2.24) is 9.55 Å². The summed E-state index contributed by atoms with van der Waals surface area (Å²) in [6.45, 7) is 0.548. The van der Waals surface area contributed by atoms with Gasteiger partial charge in [-0.1, -0.05) is 15.9 Å². The van der Waals surface area contributed by atoms with Gasteiger partial charge in [-0.05, 0) is 58.2 Å². The van der Waals surface area contributed by atoms with Crippen LogP contribution in [0.2, 0.25) is 0 Å². The van der Waals surface area contributed by atoms with Gasteiger partial charge in [-0.3, -0.25) is 4.57 Å². The minimum Gasteiger partial charge on any atom is -0.493 e. The number of ether oxygens (including phenoxy) is 3. The summed E-state index contributed by atoms with van der Waals surface area (Å²) >= 11 is 6.87. The number of methoxy groups -OCH3 is 2. The number of nitrogens with zero attached hydrogens (tertiary/aromatic N) is 2. The van der Waals surface area contributed by atoms with Crippen molar-refractivity contribution in [3.05, 3.63) is 61.4 Å². The van der Waals surface area contributed by atoms with Gasteiger partial charge in [0, 0.05) is 22.6 Å². The van der Waals surface area contributed by atoms with Crippen molar-refractivity contribution in [3.63, 3.8) is 0 Å². The molecule has 0 fully saturated rings. The first-order chi connectivity index (χ1) is 13.5. The molecule has 0 aliphatic carbocycles. The van der Waals surface area contributed by atoms with Crippen molar-refractivity contribution in [1.29, 1.82) is 0 Å². The van der Waals surface area contributed by atoms with Crippen LogP contribution in [0.25, 0.3) is 11.3 Å². The van der Waals surface area contributed by atoms with E-state index in [4.69, 9.17) is 14.2 Å². The Kier molecular flexibility index (Phi) is 5.16.